The van der Waals surface area contributed by atoms with Gasteiger partial charge in [0.15, 0.2) is 0 Å². The first kappa shape index (κ1) is 12.3. The van der Waals surface area contributed by atoms with Gasteiger partial charge in [0.2, 0.25) is 0 Å². The van der Waals surface area contributed by atoms with Crippen LogP contribution in [-0.4, -0.2) is 55.0 Å². The smallest absolute Gasteiger partial charge is 0.0898 e. The zero-order valence-corrected chi connectivity index (χ0v) is 9.87. The van der Waals surface area contributed by atoms with Gasteiger partial charge in [0.25, 0.3) is 0 Å². The molecule has 94 valence electrons. The van der Waals surface area contributed by atoms with E-state index in [4.69, 9.17) is 0 Å². The van der Waals surface area contributed by atoms with Crippen molar-refractivity contribution < 1.29 is 9.50 Å². The third-order valence-corrected chi connectivity index (χ3v) is 4.03. The Morgan fingerprint density at radius 1 is 1.25 bits per heavy atom. The summed E-state index contributed by atoms with van der Waals surface area (Å²) < 4.78 is 12.4. The molecule has 2 aliphatic rings. The van der Waals surface area contributed by atoms with E-state index in [2.05, 4.69) is 10.2 Å². The second-order valence-corrected chi connectivity index (χ2v) is 5.07. The molecule has 2 atom stereocenters. The molecular weight excluding hydrogens is 207 g/mol. The van der Waals surface area contributed by atoms with Crippen LogP contribution in [0.5, 0.6) is 0 Å². The van der Waals surface area contributed by atoms with Crippen molar-refractivity contribution in [3.63, 3.8) is 0 Å². The summed E-state index contributed by atoms with van der Waals surface area (Å²) in [5.74, 6) is 0.147. The topological polar surface area (TPSA) is 35.5 Å². The Kier molecular flexibility index (Phi) is 4.55. The Balaban J connectivity index is 1.86. The number of aliphatic hydroxyl groups excluding tert-OH is 1. The first-order valence-corrected chi connectivity index (χ1v) is 6.50. The minimum absolute atomic E-state index is 0.147. The van der Waals surface area contributed by atoms with Gasteiger partial charge in [0, 0.05) is 25.0 Å². The van der Waals surface area contributed by atoms with Gasteiger partial charge in [-0.15, -0.1) is 0 Å². The fraction of sp³-hybridized carbons (Fsp3) is 1.00. The summed E-state index contributed by atoms with van der Waals surface area (Å²) in [5, 5.41) is 13.2. The van der Waals surface area contributed by atoms with Crippen molar-refractivity contribution in [3.05, 3.63) is 0 Å². The summed E-state index contributed by atoms with van der Waals surface area (Å²) in [6.07, 6.45) is 3.43. The van der Waals surface area contributed by atoms with Crippen molar-refractivity contribution in [1.82, 2.24) is 10.2 Å². The van der Waals surface area contributed by atoms with Crippen molar-refractivity contribution in [3.8, 4) is 0 Å². The Hall–Kier alpha value is -0.190. The van der Waals surface area contributed by atoms with E-state index in [9.17, 15) is 9.50 Å². The van der Waals surface area contributed by atoms with Crippen molar-refractivity contribution in [2.75, 3.05) is 32.9 Å². The van der Waals surface area contributed by atoms with Gasteiger partial charge in [-0.1, -0.05) is 0 Å². The maximum Gasteiger partial charge on any atom is 0.0898 e. The number of hydrogen-bond acceptors (Lipinski definition) is 3. The van der Waals surface area contributed by atoms with E-state index in [1.54, 1.807) is 0 Å². The summed E-state index contributed by atoms with van der Waals surface area (Å²) in [4.78, 5) is 2.47. The molecule has 0 radical (unpaired) electrons. The Bertz CT molecular complexity index is 209. The van der Waals surface area contributed by atoms with E-state index < -0.39 is 0 Å². The molecule has 2 heterocycles. The van der Waals surface area contributed by atoms with Crippen LogP contribution in [0, 0.1) is 5.92 Å². The van der Waals surface area contributed by atoms with Gasteiger partial charge >= 0.3 is 0 Å². The van der Waals surface area contributed by atoms with Gasteiger partial charge in [-0.3, -0.25) is 9.29 Å². The second-order valence-electron chi connectivity index (χ2n) is 5.07. The van der Waals surface area contributed by atoms with Crippen LogP contribution in [0.3, 0.4) is 0 Å². The Morgan fingerprint density at radius 3 is 2.69 bits per heavy atom. The number of hydrogen-bond donors (Lipinski definition) is 2. The number of nitrogens with one attached hydrogen (secondary N) is 1. The van der Waals surface area contributed by atoms with Crippen LogP contribution in [0.2, 0.25) is 0 Å². The highest BCUT2D eigenvalue weighted by atomic mass is 19.1. The van der Waals surface area contributed by atoms with Gasteiger partial charge in [0.1, 0.15) is 0 Å². The summed E-state index contributed by atoms with van der Waals surface area (Å²) in [5.41, 5.74) is 0. The Morgan fingerprint density at radius 2 is 2.00 bits per heavy atom. The van der Waals surface area contributed by atoms with E-state index in [1.807, 2.05) is 0 Å². The number of piperidine rings is 2. The molecule has 2 saturated heterocycles. The van der Waals surface area contributed by atoms with E-state index in [-0.39, 0.29) is 18.7 Å². The standard InChI is InChI=1S/C12H23FN2O/c13-5-1-10-9-15(8-4-12(10)16)11-2-6-14-7-3-11/h10-12,14,16H,1-9H2/t10-,12+/m1/s1. The molecular formula is C12H23FN2O. The molecule has 0 unspecified atom stereocenters. The van der Waals surface area contributed by atoms with Crippen LogP contribution in [0.1, 0.15) is 25.7 Å². The van der Waals surface area contributed by atoms with Crippen molar-refractivity contribution in [1.29, 1.82) is 0 Å². The lowest BCUT2D eigenvalue weighted by molar-refractivity contribution is -0.00127. The summed E-state index contributed by atoms with van der Waals surface area (Å²) >= 11 is 0. The average molecular weight is 230 g/mol. The highest BCUT2D eigenvalue weighted by Crippen LogP contribution is 2.24. The van der Waals surface area contributed by atoms with Gasteiger partial charge < -0.3 is 10.4 Å². The van der Waals surface area contributed by atoms with Crippen LogP contribution in [0.4, 0.5) is 4.39 Å². The van der Waals surface area contributed by atoms with Crippen molar-refractivity contribution in [2.45, 2.75) is 37.8 Å². The fourth-order valence-electron chi connectivity index (χ4n) is 2.98. The molecule has 0 amide bonds. The molecule has 2 rings (SSSR count). The summed E-state index contributed by atoms with van der Waals surface area (Å²) in [6, 6.07) is 0.649. The zero-order chi connectivity index (χ0) is 11.4. The second kappa shape index (κ2) is 5.94. The van der Waals surface area contributed by atoms with E-state index in [1.165, 1.54) is 12.8 Å². The highest BCUT2D eigenvalue weighted by Gasteiger charge is 2.31. The molecule has 16 heavy (non-hydrogen) atoms. The third kappa shape index (κ3) is 2.93. The molecule has 2 aliphatic heterocycles. The molecule has 3 nitrogen and oxygen atoms in total. The maximum atomic E-state index is 12.4. The largest absolute Gasteiger partial charge is 0.393 e. The van der Waals surface area contributed by atoms with E-state index in [0.29, 0.717) is 12.5 Å². The predicted octanol–water partition coefficient (Wildman–Crippen LogP) is 0.781. The van der Waals surface area contributed by atoms with Crippen molar-refractivity contribution >= 4 is 0 Å². The zero-order valence-electron chi connectivity index (χ0n) is 9.87. The minimum Gasteiger partial charge on any atom is -0.393 e. The molecule has 2 N–H and O–H groups in total. The van der Waals surface area contributed by atoms with Crippen LogP contribution in [0.25, 0.3) is 0 Å². The fourth-order valence-corrected chi connectivity index (χ4v) is 2.98. The molecule has 0 aromatic heterocycles. The third-order valence-electron chi connectivity index (χ3n) is 4.03. The summed E-state index contributed by atoms with van der Waals surface area (Å²) in [7, 11) is 0. The molecule has 0 aliphatic carbocycles. The van der Waals surface area contributed by atoms with Gasteiger partial charge in [-0.25, -0.2) is 0 Å². The van der Waals surface area contributed by atoms with Crippen molar-refractivity contribution in [2.24, 2.45) is 5.92 Å². The van der Waals surface area contributed by atoms with Crippen LogP contribution in [0.15, 0.2) is 0 Å². The van der Waals surface area contributed by atoms with Crippen LogP contribution < -0.4 is 5.32 Å². The van der Waals surface area contributed by atoms with Crippen LogP contribution >= 0.6 is 0 Å². The normalized spacial score (nSPS) is 34.1. The van der Waals surface area contributed by atoms with Gasteiger partial charge in [0.05, 0.1) is 12.8 Å². The van der Waals surface area contributed by atoms with E-state index >= 15 is 0 Å². The minimum atomic E-state index is -0.304. The predicted molar refractivity (Wildman–Crippen MR) is 62.2 cm³/mol. The highest BCUT2D eigenvalue weighted by molar-refractivity contribution is 4.86. The van der Waals surface area contributed by atoms with Gasteiger partial charge in [-0.05, 0) is 38.8 Å². The number of alkyl halides is 1. The number of likely N-dealkylation sites (tertiary alicyclic amines) is 1. The monoisotopic (exact) mass is 230 g/mol. The van der Waals surface area contributed by atoms with Gasteiger partial charge in [-0.2, -0.15) is 0 Å². The number of halogens is 1. The lowest BCUT2D eigenvalue weighted by Gasteiger charge is -2.42. The lowest BCUT2D eigenvalue weighted by atomic mass is 9.90. The van der Waals surface area contributed by atoms with Crippen LogP contribution in [-0.2, 0) is 0 Å². The molecule has 0 spiro atoms. The number of rotatable bonds is 3. The number of aliphatic hydroxyl groups is 1. The average Bonchev–Trinajstić information content (AvgIpc) is 2.33. The first-order chi connectivity index (χ1) is 7.81. The van der Waals surface area contributed by atoms with E-state index in [0.717, 1.165) is 32.6 Å². The molecule has 0 aromatic rings. The SMILES string of the molecule is O[C@H]1CCN(C2CCNCC2)C[C@H]1CCF. The quantitative estimate of drug-likeness (QED) is 0.752. The summed E-state index contributed by atoms with van der Waals surface area (Å²) in [6.45, 7) is 3.75. The molecule has 4 heteroatoms. The lowest BCUT2D eigenvalue weighted by Crippen LogP contribution is -2.50. The number of nitrogens with zero attached hydrogens (tertiary/aromatic N) is 1. The maximum absolute atomic E-state index is 12.4. The molecule has 2 fully saturated rings. The Labute approximate surface area is 97.0 Å². The molecule has 0 saturated carbocycles. The molecule has 0 bridgehead atoms. The first-order valence-electron chi connectivity index (χ1n) is 6.50. The molecule has 0 aromatic carbocycles.